The molecule has 3 aliphatic rings. The van der Waals surface area contributed by atoms with Gasteiger partial charge in [-0.15, -0.1) is 0 Å². The summed E-state index contributed by atoms with van der Waals surface area (Å²) in [4.78, 5) is 27.8. The van der Waals surface area contributed by atoms with Crippen molar-refractivity contribution in [2.45, 2.75) is 57.7 Å². The molecule has 1 aromatic rings. The smallest absolute Gasteiger partial charge is 0.227 e. The molecule has 5 heteroatoms. The molecule has 2 aliphatic carbocycles. The van der Waals surface area contributed by atoms with Gasteiger partial charge < -0.3 is 19.5 Å². The number of amides is 1. The minimum absolute atomic E-state index is 0.00581. The summed E-state index contributed by atoms with van der Waals surface area (Å²) in [5.74, 6) is -2.49. The van der Waals surface area contributed by atoms with E-state index >= 15 is 0 Å². The Kier molecular flexibility index (Phi) is 5.28. The molecule has 0 radical (unpaired) electrons. The van der Waals surface area contributed by atoms with E-state index in [1.54, 1.807) is 0 Å². The van der Waals surface area contributed by atoms with E-state index in [2.05, 4.69) is 13.8 Å². The van der Waals surface area contributed by atoms with Crippen molar-refractivity contribution < 1.29 is 19.4 Å². The van der Waals surface area contributed by atoms with Gasteiger partial charge in [-0.2, -0.15) is 0 Å². The van der Waals surface area contributed by atoms with E-state index in [1.807, 2.05) is 54.3 Å². The van der Waals surface area contributed by atoms with Gasteiger partial charge in [-0.1, -0.05) is 42.5 Å². The maximum atomic E-state index is 13.9. The fourth-order valence-electron chi connectivity index (χ4n) is 5.67. The average molecular weight is 397 g/mol. The number of fused-ring (bicyclic) bond motifs is 2. The van der Waals surface area contributed by atoms with Crippen molar-refractivity contribution in [1.82, 2.24) is 4.90 Å². The summed E-state index contributed by atoms with van der Waals surface area (Å²) in [6.45, 7) is 6.76. The Balaban J connectivity index is 1.69. The van der Waals surface area contributed by atoms with Gasteiger partial charge >= 0.3 is 0 Å². The Morgan fingerprint density at radius 3 is 2.41 bits per heavy atom. The Labute approximate surface area is 172 Å². The van der Waals surface area contributed by atoms with Gasteiger partial charge in [0.1, 0.15) is 0 Å². The van der Waals surface area contributed by atoms with Crippen LogP contribution in [0.4, 0.5) is 0 Å². The summed E-state index contributed by atoms with van der Waals surface area (Å²) in [6, 6.07) is 9.88. The first kappa shape index (κ1) is 20.1. The van der Waals surface area contributed by atoms with Gasteiger partial charge in [0.2, 0.25) is 5.91 Å². The minimum Gasteiger partial charge on any atom is -0.550 e. The highest BCUT2D eigenvalue weighted by Gasteiger charge is 2.51. The van der Waals surface area contributed by atoms with Crippen LogP contribution in [0.2, 0.25) is 0 Å². The van der Waals surface area contributed by atoms with Crippen LogP contribution in [0.1, 0.15) is 51.6 Å². The molecule has 1 heterocycles. The van der Waals surface area contributed by atoms with Crippen LogP contribution in [0.25, 0.3) is 0 Å². The molecule has 0 aromatic heterocycles. The summed E-state index contributed by atoms with van der Waals surface area (Å²) in [5, 5.41) is 11.9. The molecule has 156 valence electrons. The average Bonchev–Trinajstić information content (AvgIpc) is 3.29. The fraction of sp³-hybridized carbons (Fsp3) is 0.583. The summed E-state index contributed by atoms with van der Waals surface area (Å²) >= 11 is 0. The van der Waals surface area contributed by atoms with Crippen molar-refractivity contribution in [3.8, 4) is 0 Å². The van der Waals surface area contributed by atoms with Crippen molar-refractivity contribution in [3.05, 3.63) is 48.0 Å². The normalized spacial score (nSPS) is 33.4. The number of carbonyl (C=O) groups excluding carboxylic acids is 2. The zero-order chi connectivity index (χ0) is 20.8. The molecule has 1 amide bonds. The van der Waals surface area contributed by atoms with Gasteiger partial charge in [0.15, 0.2) is 0 Å². The summed E-state index contributed by atoms with van der Waals surface area (Å²) in [7, 11) is 0. The lowest BCUT2D eigenvalue weighted by Crippen LogP contribution is -2.53. The lowest BCUT2D eigenvalue weighted by Gasteiger charge is -2.46. The molecule has 1 saturated carbocycles. The second-order valence-electron chi connectivity index (χ2n) is 9.41. The number of aliphatic carboxylic acids is 1. The zero-order valence-electron chi connectivity index (χ0n) is 17.4. The van der Waals surface area contributed by atoms with Crippen molar-refractivity contribution in [2.24, 2.45) is 23.7 Å². The molecule has 2 fully saturated rings. The summed E-state index contributed by atoms with van der Waals surface area (Å²) in [5.41, 5.74) is 0.758. The molecule has 1 aromatic carbocycles. The molecule has 0 unspecified atom stereocenters. The number of rotatable bonds is 5. The Bertz CT molecular complexity index is 802. The zero-order valence-corrected chi connectivity index (χ0v) is 17.4. The molecular weight excluding hydrogens is 366 g/mol. The number of ether oxygens (including phenoxy) is 1. The van der Waals surface area contributed by atoms with Crippen LogP contribution in [0.5, 0.6) is 0 Å². The van der Waals surface area contributed by atoms with E-state index in [1.165, 1.54) is 0 Å². The minimum atomic E-state index is -1.10. The first-order valence-corrected chi connectivity index (χ1v) is 10.7. The molecule has 0 N–H and O–H groups in total. The molecule has 29 heavy (non-hydrogen) atoms. The molecule has 1 saturated heterocycles. The Morgan fingerprint density at radius 2 is 1.79 bits per heavy atom. The Morgan fingerprint density at radius 1 is 1.14 bits per heavy atom. The number of carboxylic acid groups (broad SMARTS) is 1. The van der Waals surface area contributed by atoms with Gasteiger partial charge in [-0.25, -0.2) is 0 Å². The number of allylic oxidation sites excluding steroid dienone is 2. The van der Waals surface area contributed by atoms with Gasteiger partial charge in [-0.3, -0.25) is 4.79 Å². The maximum Gasteiger partial charge on any atom is 0.227 e. The fourth-order valence-corrected chi connectivity index (χ4v) is 5.67. The molecule has 0 spiro atoms. The van der Waals surface area contributed by atoms with Gasteiger partial charge in [0.05, 0.1) is 17.6 Å². The van der Waals surface area contributed by atoms with Crippen LogP contribution in [-0.2, 0) is 14.3 Å². The first-order valence-electron chi connectivity index (χ1n) is 10.7. The van der Waals surface area contributed by atoms with E-state index in [-0.39, 0.29) is 35.4 Å². The SMILES string of the molecule is C[C@@H](c1ccccc1)N(C(=O)[C@@H]1[C@H](C(=O)[O-])[C@@H]2C=C[C@@H]1C2)[C@@H]1CCOC(C)(C)C1. The van der Waals surface area contributed by atoms with E-state index < -0.39 is 17.8 Å². The van der Waals surface area contributed by atoms with E-state index in [0.29, 0.717) is 6.61 Å². The van der Waals surface area contributed by atoms with Gasteiger partial charge in [-0.05, 0) is 57.4 Å². The molecule has 5 nitrogen and oxygen atoms in total. The highest BCUT2D eigenvalue weighted by Crippen LogP contribution is 2.49. The summed E-state index contributed by atoms with van der Waals surface area (Å²) < 4.78 is 5.89. The molecule has 6 atom stereocenters. The van der Waals surface area contributed by atoms with E-state index in [4.69, 9.17) is 4.74 Å². The van der Waals surface area contributed by atoms with Crippen LogP contribution in [-0.4, -0.2) is 35.0 Å². The number of carboxylic acids is 1. The van der Waals surface area contributed by atoms with E-state index in [9.17, 15) is 14.7 Å². The number of hydrogen-bond donors (Lipinski definition) is 0. The van der Waals surface area contributed by atoms with Crippen LogP contribution in [0.15, 0.2) is 42.5 Å². The predicted molar refractivity (Wildman–Crippen MR) is 107 cm³/mol. The van der Waals surface area contributed by atoms with Crippen molar-refractivity contribution in [1.29, 1.82) is 0 Å². The molecular formula is C24H30NO4-. The number of carbonyl (C=O) groups is 2. The van der Waals surface area contributed by atoms with Crippen molar-refractivity contribution in [2.75, 3.05) is 6.61 Å². The lowest BCUT2D eigenvalue weighted by molar-refractivity contribution is -0.313. The number of nitrogens with zero attached hydrogens (tertiary/aromatic N) is 1. The third-order valence-electron chi connectivity index (χ3n) is 7.03. The highest BCUT2D eigenvalue weighted by molar-refractivity contribution is 5.87. The largest absolute Gasteiger partial charge is 0.550 e. The van der Waals surface area contributed by atoms with Crippen molar-refractivity contribution in [3.63, 3.8) is 0 Å². The monoisotopic (exact) mass is 396 g/mol. The molecule has 1 aliphatic heterocycles. The Hall–Kier alpha value is -2.14. The van der Waals surface area contributed by atoms with Crippen LogP contribution < -0.4 is 5.11 Å². The topological polar surface area (TPSA) is 69.7 Å². The quantitative estimate of drug-likeness (QED) is 0.718. The lowest BCUT2D eigenvalue weighted by atomic mass is 9.80. The van der Waals surface area contributed by atoms with Gasteiger partial charge in [0.25, 0.3) is 0 Å². The molecule has 2 bridgehead atoms. The van der Waals surface area contributed by atoms with Gasteiger partial charge in [0, 0.05) is 24.5 Å². The second kappa shape index (κ2) is 7.60. The third-order valence-corrected chi connectivity index (χ3v) is 7.03. The maximum absolute atomic E-state index is 13.9. The standard InChI is InChI=1S/C24H31NO4/c1-15(16-7-5-4-6-8-16)25(19-11-12-29-24(2,3)14-19)22(26)20-17-9-10-18(13-17)21(20)23(27)28/h4-10,15,17-21H,11-14H2,1-3H3,(H,27,28)/p-1/t15-,17+,18+,19+,20-,21+/m0/s1. The third kappa shape index (κ3) is 3.73. The second-order valence-corrected chi connectivity index (χ2v) is 9.41. The van der Waals surface area contributed by atoms with Crippen LogP contribution >= 0.6 is 0 Å². The van der Waals surface area contributed by atoms with E-state index in [0.717, 1.165) is 24.8 Å². The molecule has 4 rings (SSSR count). The van der Waals surface area contributed by atoms with Crippen LogP contribution in [0.3, 0.4) is 0 Å². The van der Waals surface area contributed by atoms with Crippen molar-refractivity contribution >= 4 is 11.9 Å². The predicted octanol–water partition coefficient (Wildman–Crippen LogP) is 2.72. The number of benzene rings is 1. The first-order chi connectivity index (χ1) is 13.8. The summed E-state index contributed by atoms with van der Waals surface area (Å²) in [6.07, 6.45) is 6.23. The number of hydrogen-bond acceptors (Lipinski definition) is 4. The highest BCUT2D eigenvalue weighted by atomic mass is 16.5. The van der Waals surface area contributed by atoms with Crippen LogP contribution in [0, 0.1) is 23.7 Å².